The lowest BCUT2D eigenvalue weighted by molar-refractivity contribution is -0.122. The smallest absolute Gasteiger partial charge is 0.509 e. The second kappa shape index (κ2) is 13.2. The van der Waals surface area contributed by atoms with Crippen LogP contribution in [0, 0.1) is 5.92 Å². The highest BCUT2D eigenvalue weighted by molar-refractivity contribution is 6.74. The summed E-state index contributed by atoms with van der Waals surface area (Å²) >= 11 is 0. The van der Waals surface area contributed by atoms with Crippen molar-refractivity contribution in [3.63, 3.8) is 0 Å². The van der Waals surface area contributed by atoms with E-state index in [9.17, 15) is 19.2 Å². The van der Waals surface area contributed by atoms with Gasteiger partial charge in [-0.1, -0.05) is 45.9 Å². The van der Waals surface area contributed by atoms with Gasteiger partial charge in [-0.15, -0.1) is 0 Å². The normalized spacial score (nSPS) is 24.5. The minimum atomic E-state index is -2.50. The van der Waals surface area contributed by atoms with E-state index in [0.29, 0.717) is 23.5 Å². The molecule has 0 unspecified atom stereocenters. The van der Waals surface area contributed by atoms with Gasteiger partial charge < -0.3 is 23.4 Å². The summed E-state index contributed by atoms with van der Waals surface area (Å²) < 4.78 is 28.8. The highest BCUT2D eigenvalue weighted by atomic mass is 28.4. The van der Waals surface area contributed by atoms with Crippen molar-refractivity contribution in [2.75, 3.05) is 11.4 Å². The Balaban J connectivity index is 2.26. The van der Waals surface area contributed by atoms with Crippen LogP contribution in [-0.4, -0.2) is 62.8 Å². The van der Waals surface area contributed by atoms with Gasteiger partial charge in [0.1, 0.15) is 23.0 Å². The Hall–Kier alpha value is -3.60. The van der Waals surface area contributed by atoms with Gasteiger partial charge in [0.05, 0.1) is 5.69 Å². The molecule has 0 spiro atoms. The highest BCUT2D eigenvalue weighted by Gasteiger charge is 2.42. The molecule has 2 aliphatic heterocycles. The van der Waals surface area contributed by atoms with Crippen LogP contribution in [0.5, 0.6) is 5.75 Å². The Bertz CT molecular complexity index is 1340. The fourth-order valence-electron chi connectivity index (χ4n) is 4.34. The Kier molecular flexibility index (Phi) is 10.4. The Morgan fingerprint density at radius 3 is 2.25 bits per heavy atom. The molecular weight excluding hydrogens is 582 g/mol. The molecule has 2 aliphatic rings. The maximum Gasteiger partial charge on any atom is 0.509 e. The summed E-state index contributed by atoms with van der Waals surface area (Å²) in [5.74, 6) is -1.06. The first kappa shape index (κ1) is 34.9. The van der Waals surface area contributed by atoms with Crippen molar-refractivity contribution in [3.8, 4) is 5.75 Å². The van der Waals surface area contributed by atoms with Crippen LogP contribution in [0.1, 0.15) is 84.7 Å². The van der Waals surface area contributed by atoms with Crippen LogP contribution >= 0.6 is 0 Å². The molecule has 0 saturated carbocycles. The number of ketones is 1. The number of anilines is 1. The minimum absolute atomic E-state index is 0.142. The summed E-state index contributed by atoms with van der Waals surface area (Å²) in [6.45, 7) is 21.5. The number of hydrogen-bond acceptors (Lipinski definition) is 9. The van der Waals surface area contributed by atoms with Crippen molar-refractivity contribution in [2.45, 2.75) is 111 Å². The molecule has 1 amide bonds. The number of nitrogens with zero attached hydrogens (tertiary/aromatic N) is 1. The van der Waals surface area contributed by atoms with Gasteiger partial charge in [0.15, 0.2) is 11.9 Å². The van der Waals surface area contributed by atoms with Gasteiger partial charge in [-0.25, -0.2) is 14.4 Å². The standard InChI is InChI=1S/C33H47NO9Si/c1-12-34(30(37)42-32(4,5)6)23-18-22-14-13-15-25-28(41-31(38)40-25)24(35)17-16-20(2)21(3)39-29(36)27(22)26(19-23)43-44(10,11)33(7,8)9/h13-14,16-21,25,28H,12,15H2,1-11H3/b14-13+,17-16-/t20-,21+,25+,28-/m1/s1. The van der Waals surface area contributed by atoms with Crippen molar-refractivity contribution in [2.24, 2.45) is 5.92 Å². The first-order chi connectivity index (χ1) is 20.2. The lowest BCUT2D eigenvalue weighted by atomic mass is 9.99. The number of cyclic esters (lactones) is 1. The van der Waals surface area contributed by atoms with Gasteiger partial charge in [-0.2, -0.15) is 0 Å². The van der Waals surface area contributed by atoms with E-state index in [4.69, 9.17) is 23.4 Å². The zero-order valence-electron chi connectivity index (χ0n) is 27.8. The largest absolute Gasteiger partial charge is 0.543 e. The molecule has 3 rings (SSSR count). The van der Waals surface area contributed by atoms with Crippen molar-refractivity contribution in [3.05, 3.63) is 41.5 Å². The van der Waals surface area contributed by atoms with Gasteiger partial charge in [0.2, 0.25) is 6.10 Å². The summed E-state index contributed by atoms with van der Waals surface area (Å²) in [4.78, 5) is 53.5. The van der Waals surface area contributed by atoms with Crippen molar-refractivity contribution in [1.82, 2.24) is 0 Å². The molecule has 0 N–H and O–H groups in total. The number of ether oxygens (including phenoxy) is 4. The van der Waals surface area contributed by atoms with E-state index in [1.165, 1.54) is 11.0 Å². The maximum atomic E-state index is 13.9. The third-order valence-corrected chi connectivity index (χ3v) is 12.4. The Morgan fingerprint density at radius 2 is 1.66 bits per heavy atom. The predicted molar refractivity (Wildman–Crippen MR) is 171 cm³/mol. The number of benzene rings is 1. The topological polar surface area (TPSA) is 118 Å². The number of amides is 1. The van der Waals surface area contributed by atoms with Gasteiger partial charge in [-0.3, -0.25) is 9.69 Å². The van der Waals surface area contributed by atoms with Gasteiger partial charge in [0.25, 0.3) is 8.32 Å². The van der Waals surface area contributed by atoms with E-state index in [-0.39, 0.29) is 22.9 Å². The second-order valence-corrected chi connectivity index (χ2v) is 18.5. The highest BCUT2D eigenvalue weighted by Crippen LogP contribution is 2.41. The first-order valence-corrected chi connectivity index (χ1v) is 18.0. The van der Waals surface area contributed by atoms with Crippen molar-refractivity contribution >= 4 is 44.1 Å². The molecule has 242 valence electrons. The number of hydrogen-bond donors (Lipinski definition) is 0. The monoisotopic (exact) mass is 629 g/mol. The van der Waals surface area contributed by atoms with E-state index in [2.05, 4.69) is 33.9 Å². The Labute approximate surface area is 261 Å². The number of carbonyl (C=O) groups is 4. The molecule has 0 bridgehead atoms. The van der Waals surface area contributed by atoms with Crippen LogP contribution < -0.4 is 9.33 Å². The van der Waals surface area contributed by atoms with E-state index in [1.807, 2.05) is 13.8 Å². The van der Waals surface area contributed by atoms with Crippen LogP contribution in [0.15, 0.2) is 30.4 Å². The van der Waals surface area contributed by atoms with Crippen LogP contribution in [0.3, 0.4) is 0 Å². The summed E-state index contributed by atoms with van der Waals surface area (Å²) in [5, 5.41) is -0.201. The summed E-state index contributed by atoms with van der Waals surface area (Å²) in [6.07, 6.45) is 2.48. The van der Waals surface area contributed by atoms with Gasteiger partial charge in [0, 0.05) is 24.9 Å². The molecule has 44 heavy (non-hydrogen) atoms. The molecule has 11 heteroatoms. The Morgan fingerprint density at radius 1 is 1.00 bits per heavy atom. The van der Waals surface area contributed by atoms with E-state index in [0.717, 1.165) is 0 Å². The molecule has 0 aliphatic carbocycles. The lowest BCUT2D eigenvalue weighted by Gasteiger charge is -2.37. The summed E-state index contributed by atoms with van der Waals surface area (Å²) in [6, 6.07) is 3.40. The molecule has 1 saturated heterocycles. The van der Waals surface area contributed by atoms with Gasteiger partial charge >= 0.3 is 18.2 Å². The zero-order valence-corrected chi connectivity index (χ0v) is 28.8. The van der Waals surface area contributed by atoms with E-state index in [1.54, 1.807) is 58.1 Å². The molecule has 2 heterocycles. The molecule has 0 aromatic heterocycles. The molecule has 1 fully saturated rings. The summed E-state index contributed by atoms with van der Waals surface area (Å²) in [5.41, 5.74) is 0.394. The average Bonchev–Trinajstić information content (AvgIpc) is 3.25. The number of carbonyl (C=O) groups excluding carboxylic acids is 4. The van der Waals surface area contributed by atoms with Crippen LogP contribution in [0.2, 0.25) is 18.1 Å². The number of esters is 1. The van der Waals surface area contributed by atoms with E-state index >= 15 is 0 Å². The molecular formula is C33H47NO9Si. The van der Waals surface area contributed by atoms with Crippen molar-refractivity contribution < 1.29 is 42.6 Å². The van der Waals surface area contributed by atoms with Crippen LogP contribution in [0.25, 0.3) is 6.08 Å². The fraction of sp³-hybridized carbons (Fsp3) is 0.576. The second-order valence-electron chi connectivity index (χ2n) is 13.8. The molecule has 1 aromatic rings. The number of rotatable bonds is 4. The minimum Gasteiger partial charge on any atom is -0.543 e. The number of fused-ring (bicyclic) bond motifs is 2. The quantitative estimate of drug-likeness (QED) is 0.190. The predicted octanol–water partition coefficient (Wildman–Crippen LogP) is 7.46. The molecule has 4 atom stereocenters. The molecule has 0 radical (unpaired) electrons. The maximum absolute atomic E-state index is 13.9. The molecule has 1 aromatic carbocycles. The van der Waals surface area contributed by atoms with E-state index < -0.39 is 56.2 Å². The molecule has 10 nitrogen and oxygen atoms in total. The van der Waals surface area contributed by atoms with Crippen LogP contribution in [0.4, 0.5) is 15.3 Å². The first-order valence-electron chi connectivity index (χ1n) is 15.1. The van der Waals surface area contributed by atoms with Gasteiger partial charge in [-0.05, 0) is 70.5 Å². The SMILES string of the molecule is CCN(C(=O)OC(C)(C)C)c1cc2c(c(O[Si](C)(C)C(C)(C)C)c1)C(=O)O[C@@H](C)[C@H](C)/C=C\C(=O)[C@H]1OC(=O)O[C@H]1C/C=C/2. The van der Waals surface area contributed by atoms with Crippen LogP contribution in [-0.2, 0) is 23.7 Å². The average molecular weight is 630 g/mol. The fourth-order valence-corrected chi connectivity index (χ4v) is 5.36. The zero-order chi connectivity index (χ0) is 33.2. The van der Waals surface area contributed by atoms with Crippen molar-refractivity contribution in [1.29, 1.82) is 0 Å². The lowest BCUT2D eigenvalue weighted by Crippen LogP contribution is -2.44. The third-order valence-electron chi connectivity index (χ3n) is 8.09. The third kappa shape index (κ3) is 8.31. The summed E-state index contributed by atoms with van der Waals surface area (Å²) in [7, 11) is -2.50.